The monoisotopic (exact) mass is 446 g/mol. The van der Waals surface area contributed by atoms with Crippen molar-refractivity contribution >= 4 is 52.9 Å². The zero-order valence-corrected chi connectivity index (χ0v) is 17.0. The second-order valence-corrected chi connectivity index (χ2v) is 7.03. The molecule has 0 aliphatic carbocycles. The van der Waals surface area contributed by atoms with Gasteiger partial charge in [-0.15, -0.1) is 0 Å². The van der Waals surface area contributed by atoms with Crippen LogP contribution in [0.2, 0.25) is 15.1 Å². The number of benzene rings is 3. The molecule has 1 amide bonds. The van der Waals surface area contributed by atoms with Gasteiger partial charge < -0.3 is 4.74 Å². The van der Waals surface area contributed by atoms with Crippen molar-refractivity contribution in [3.05, 3.63) is 98.5 Å². The first kappa shape index (κ1) is 20.9. The Hall–Kier alpha value is -2.86. The lowest BCUT2D eigenvalue weighted by atomic mass is 10.2. The summed E-state index contributed by atoms with van der Waals surface area (Å²) in [5.74, 6) is -0.931. The van der Waals surface area contributed by atoms with Gasteiger partial charge in [0, 0.05) is 10.6 Å². The van der Waals surface area contributed by atoms with E-state index in [2.05, 4.69) is 10.5 Å². The van der Waals surface area contributed by atoms with E-state index in [1.165, 1.54) is 18.3 Å². The number of halogens is 3. The fourth-order valence-corrected chi connectivity index (χ4v) is 3.02. The Kier molecular flexibility index (Phi) is 6.88. The minimum absolute atomic E-state index is 0.0459. The Balaban J connectivity index is 1.68. The van der Waals surface area contributed by atoms with Gasteiger partial charge in [-0.05, 0) is 54.1 Å². The van der Waals surface area contributed by atoms with Gasteiger partial charge in [-0.2, -0.15) is 5.10 Å². The Morgan fingerprint density at radius 1 is 0.862 bits per heavy atom. The molecule has 0 saturated heterocycles. The van der Waals surface area contributed by atoms with E-state index >= 15 is 0 Å². The van der Waals surface area contributed by atoms with E-state index in [1.54, 1.807) is 54.6 Å². The molecular formula is C21H13Cl3N2O3. The molecule has 8 heteroatoms. The molecule has 0 aliphatic rings. The minimum Gasteiger partial charge on any atom is -0.420 e. The first-order valence-corrected chi connectivity index (χ1v) is 9.42. The van der Waals surface area contributed by atoms with Gasteiger partial charge in [-0.3, -0.25) is 4.79 Å². The predicted octanol–water partition coefficient (Wildman–Crippen LogP) is 5.63. The van der Waals surface area contributed by atoms with Crippen molar-refractivity contribution in [3.8, 4) is 5.75 Å². The van der Waals surface area contributed by atoms with E-state index < -0.39 is 11.9 Å². The average molecular weight is 448 g/mol. The maximum Gasteiger partial charge on any atom is 0.343 e. The predicted molar refractivity (Wildman–Crippen MR) is 114 cm³/mol. The highest BCUT2D eigenvalue weighted by atomic mass is 35.5. The van der Waals surface area contributed by atoms with Crippen molar-refractivity contribution in [2.75, 3.05) is 0 Å². The van der Waals surface area contributed by atoms with Crippen molar-refractivity contribution in [1.29, 1.82) is 0 Å². The standard InChI is InChI=1S/C21H13Cl3N2O3/c22-16-8-6-14(7-9-16)20(27)26-25-12-13-10-17(23)19(18(24)11-13)29-21(28)15-4-2-1-3-5-15/h1-12H,(H,26,27)/b25-12-. The van der Waals surface area contributed by atoms with E-state index in [0.29, 0.717) is 21.7 Å². The van der Waals surface area contributed by atoms with Crippen LogP contribution in [0.15, 0.2) is 71.8 Å². The number of esters is 1. The Bertz CT molecular complexity index is 1050. The van der Waals surface area contributed by atoms with Crippen LogP contribution in [-0.2, 0) is 0 Å². The highest BCUT2D eigenvalue weighted by molar-refractivity contribution is 6.37. The fraction of sp³-hybridized carbons (Fsp3) is 0. The number of carbonyl (C=O) groups excluding carboxylic acids is 2. The molecule has 1 N–H and O–H groups in total. The molecule has 29 heavy (non-hydrogen) atoms. The van der Waals surface area contributed by atoms with E-state index in [4.69, 9.17) is 39.5 Å². The van der Waals surface area contributed by atoms with Crippen LogP contribution in [0.4, 0.5) is 0 Å². The molecular weight excluding hydrogens is 435 g/mol. The number of amides is 1. The summed E-state index contributed by atoms with van der Waals surface area (Å²) in [6.07, 6.45) is 1.37. The Morgan fingerprint density at radius 2 is 1.48 bits per heavy atom. The second-order valence-electron chi connectivity index (χ2n) is 5.78. The molecule has 0 atom stereocenters. The number of ether oxygens (including phenoxy) is 1. The van der Waals surface area contributed by atoms with Crippen LogP contribution in [0.25, 0.3) is 0 Å². The third kappa shape index (κ3) is 5.57. The van der Waals surface area contributed by atoms with Gasteiger partial charge in [0.2, 0.25) is 0 Å². The number of hydrogen-bond donors (Lipinski definition) is 1. The molecule has 146 valence electrons. The van der Waals surface area contributed by atoms with Crippen molar-refractivity contribution in [1.82, 2.24) is 5.43 Å². The molecule has 3 aromatic rings. The number of nitrogens with zero attached hydrogens (tertiary/aromatic N) is 1. The summed E-state index contributed by atoms with van der Waals surface area (Å²) in [5, 5.41) is 4.67. The summed E-state index contributed by atoms with van der Waals surface area (Å²) in [6, 6.07) is 17.9. The molecule has 3 aromatic carbocycles. The van der Waals surface area contributed by atoms with Crippen LogP contribution in [-0.4, -0.2) is 18.1 Å². The number of nitrogens with one attached hydrogen (secondary N) is 1. The molecule has 0 aliphatic heterocycles. The summed E-state index contributed by atoms with van der Waals surface area (Å²) < 4.78 is 5.30. The minimum atomic E-state index is -0.578. The molecule has 0 fully saturated rings. The van der Waals surface area contributed by atoms with Gasteiger partial charge in [0.05, 0.1) is 21.8 Å². The Labute approximate surface area is 181 Å². The fourth-order valence-electron chi connectivity index (χ4n) is 2.31. The number of hydrazone groups is 1. The first-order chi connectivity index (χ1) is 13.9. The van der Waals surface area contributed by atoms with Gasteiger partial charge in [0.25, 0.3) is 5.91 Å². The first-order valence-electron chi connectivity index (χ1n) is 8.29. The molecule has 0 radical (unpaired) electrons. The lowest BCUT2D eigenvalue weighted by molar-refractivity contribution is 0.0734. The highest BCUT2D eigenvalue weighted by Gasteiger charge is 2.15. The number of hydrogen-bond acceptors (Lipinski definition) is 4. The van der Waals surface area contributed by atoms with Crippen molar-refractivity contribution in [2.24, 2.45) is 5.10 Å². The molecule has 0 aromatic heterocycles. The van der Waals surface area contributed by atoms with E-state index in [9.17, 15) is 9.59 Å². The van der Waals surface area contributed by atoms with Gasteiger partial charge >= 0.3 is 5.97 Å². The normalized spacial score (nSPS) is 10.7. The van der Waals surface area contributed by atoms with E-state index in [-0.39, 0.29) is 15.8 Å². The molecule has 5 nitrogen and oxygen atoms in total. The molecule has 0 saturated carbocycles. The molecule has 0 heterocycles. The molecule has 0 unspecified atom stereocenters. The van der Waals surface area contributed by atoms with Gasteiger partial charge in [0.15, 0.2) is 5.75 Å². The maximum absolute atomic E-state index is 12.2. The lowest BCUT2D eigenvalue weighted by Crippen LogP contribution is -2.17. The van der Waals surface area contributed by atoms with Crippen LogP contribution >= 0.6 is 34.8 Å². The second kappa shape index (κ2) is 9.56. The highest BCUT2D eigenvalue weighted by Crippen LogP contribution is 2.34. The Morgan fingerprint density at radius 3 is 2.10 bits per heavy atom. The summed E-state index contributed by atoms with van der Waals surface area (Å²) >= 11 is 18.2. The molecule has 3 rings (SSSR count). The molecule has 0 bridgehead atoms. The smallest absolute Gasteiger partial charge is 0.343 e. The zero-order chi connectivity index (χ0) is 20.8. The van der Waals surface area contributed by atoms with Crippen LogP contribution in [0.5, 0.6) is 5.75 Å². The van der Waals surface area contributed by atoms with Crippen molar-refractivity contribution in [3.63, 3.8) is 0 Å². The third-order valence-corrected chi connectivity index (χ3v) is 4.52. The SMILES string of the molecule is O=C(N/N=C\c1cc(Cl)c(OC(=O)c2ccccc2)c(Cl)c1)c1ccc(Cl)cc1. The lowest BCUT2D eigenvalue weighted by Gasteiger charge is -2.09. The van der Waals surface area contributed by atoms with E-state index in [0.717, 1.165) is 0 Å². The summed E-state index contributed by atoms with van der Waals surface area (Å²) in [5.41, 5.74) is 3.68. The maximum atomic E-state index is 12.2. The van der Waals surface area contributed by atoms with Crippen LogP contribution in [0.3, 0.4) is 0 Å². The zero-order valence-electron chi connectivity index (χ0n) is 14.7. The van der Waals surface area contributed by atoms with E-state index in [1.807, 2.05) is 0 Å². The number of rotatable bonds is 5. The van der Waals surface area contributed by atoms with Gasteiger partial charge in [-0.25, -0.2) is 10.2 Å². The van der Waals surface area contributed by atoms with Crippen molar-refractivity contribution < 1.29 is 14.3 Å². The van der Waals surface area contributed by atoms with Crippen LogP contribution < -0.4 is 10.2 Å². The summed E-state index contributed by atoms with van der Waals surface area (Å²) in [6.45, 7) is 0. The molecule has 0 spiro atoms. The topological polar surface area (TPSA) is 67.8 Å². The summed E-state index contributed by atoms with van der Waals surface area (Å²) in [4.78, 5) is 24.2. The van der Waals surface area contributed by atoms with Crippen molar-refractivity contribution in [2.45, 2.75) is 0 Å². The quantitative estimate of drug-likeness (QED) is 0.238. The van der Waals surface area contributed by atoms with Gasteiger partial charge in [0.1, 0.15) is 0 Å². The van der Waals surface area contributed by atoms with Crippen LogP contribution in [0.1, 0.15) is 26.3 Å². The largest absolute Gasteiger partial charge is 0.420 e. The number of carbonyl (C=O) groups is 2. The summed E-state index contributed by atoms with van der Waals surface area (Å²) in [7, 11) is 0. The third-order valence-electron chi connectivity index (χ3n) is 3.71. The van der Waals surface area contributed by atoms with Gasteiger partial charge in [-0.1, -0.05) is 53.0 Å². The van der Waals surface area contributed by atoms with Crippen LogP contribution in [0, 0.1) is 0 Å². The average Bonchev–Trinajstić information content (AvgIpc) is 2.71.